The fourth-order valence-electron chi connectivity index (χ4n) is 1.25. The van der Waals surface area contributed by atoms with Gasteiger partial charge in [0.25, 0.3) is 0 Å². The van der Waals surface area contributed by atoms with Crippen molar-refractivity contribution in [3.8, 4) is 0 Å². The molecule has 1 N–H and O–H groups in total. The van der Waals surface area contributed by atoms with Crippen LogP contribution < -0.4 is 0 Å². The summed E-state index contributed by atoms with van der Waals surface area (Å²) in [5.41, 5.74) is 0.751. The molecule has 1 rings (SSSR count). The molecule has 1 heterocycles. The third kappa shape index (κ3) is 2.01. The van der Waals surface area contributed by atoms with E-state index in [-0.39, 0.29) is 5.41 Å². The van der Waals surface area contributed by atoms with E-state index in [1.807, 2.05) is 43.7 Å². The van der Waals surface area contributed by atoms with Crippen molar-refractivity contribution in [1.82, 2.24) is 4.57 Å². The van der Waals surface area contributed by atoms with E-state index in [4.69, 9.17) is 0 Å². The highest BCUT2D eigenvalue weighted by Crippen LogP contribution is 2.32. The first-order valence-corrected chi connectivity index (χ1v) is 4.44. The van der Waals surface area contributed by atoms with Crippen molar-refractivity contribution in [3.63, 3.8) is 0 Å². The summed E-state index contributed by atoms with van der Waals surface area (Å²) in [5, 5.41) is 9.99. The van der Waals surface area contributed by atoms with Crippen LogP contribution in [0, 0.1) is 5.41 Å². The Hall–Kier alpha value is -1.02. The van der Waals surface area contributed by atoms with Crippen LogP contribution >= 0.6 is 0 Å². The van der Waals surface area contributed by atoms with Crippen LogP contribution in [0.2, 0.25) is 0 Å². The smallest absolute Gasteiger partial charge is 0.0991 e. The van der Waals surface area contributed by atoms with Gasteiger partial charge in [-0.3, -0.25) is 0 Å². The van der Waals surface area contributed by atoms with Crippen molar-refractivity contribution in [3.05, 3.63) is 30.6 Å². The van der Waals surface area contributed by atoms with Crippen molar-refractivity contribution in [2.24, 2.45) is 5.41 Å². The number of aromatic nitrogens is 1. The predicted molar refractivity (Wildman–Crippen MR) is 55.2 cm³/mol. The number of hydrogen-bond acceptors (Lipinski definition) is 1. The van der Waals surface area contributed by atoms with E-state index in [0.29, 0.717) is 0 Å². The largest absolute Gasteiger partial charge is 0.386 e. The molecule has 0 spiro atoms. The van der Waals surface area contributed by atoms with Crippen LogP contribution in [0.4, 0.5) is 0 Å². The van der Waals surface area contributed by atoms with Gasteiger partial charge in [-0.1, -0.05) is 27.4 Å². The van der Waals surface area contributed by atoms with Gasteiger partial charge in [-0.15, -0.1) is 0 Å². The van der Waals surface area contributed by atoms with Crippen LogP contribution in [-0.2, 0) is 0 Å². The van der Waals surface area contributed by atoms with E-state index in [1.54, 1.807) is 6.20 Å². The summed E-state index contributed by atoms with van der Waals surface area (Å²) >= 11 is 0. The van der Waals surface area contributed by atoms with Gasteiger partial charge in [-0.2, -0.15) is 0 Å². The van der Waals surface area contributed by atoms with Crippen LogP contribution in [0.25, 0.3) is 6.20 Å². The zero-order valence-corrected chi connectivity index (χ0v) is 8.49. The lowest BCUT2D eigenvalue weighted by Gasteiger charge is -2.26. The van der Waals surface area contributed by atoms with E-state index in [1.165, 1.54) is 0 Å². The Morgan fingerprint density at radius 1 is 1.54 bits per heavy atom. The Labute approximate surface area is 79.5 Å². The Morgan fingerprint density at radius 3 is 2.62 bits per heavy atom. The van der Waals surface area contributed by atoms with Gasteiger partial charge in [0.1, 0.15) is 0 Å². The van der Waals surface area contributed by atoms with E-state index >= 15 is 0 Å². The molecule has 0 bridgehead atoms. The summed E-state index contributed by atoms with van der Waals surface area (Å²) in [6.07, 6.45) is 3.13. The van der Waals surface area contributed by atoms with Crippen LogP contribution in [-0.4, -0.2) is 9.67 Å². The lowest BCUT2D eigenvalue weighted by molar-refractivity contribution is 0.0579. The van der Waals surface area contributed by atoms with Gasteiger partial charge in [-0.25, -0.2) is 0 Å². The van der Waals surface area contributed by atoms with Crippen molar-refractivity contribution in [2.45, 2.75) is 26.9 Å². The third-order valence-electron chi connectivity index (χ3n) is 2.11. The summed E-state index contributed by atoms with van der Waals surface area (Å²) in [7, 11) is 0. The lowest BCUT2D eigenvalue weighted by atomic mass is 9.87. The first-order valence-electron chi connectivity index (χ1n) is 4.44. The zero-order chi connectivity index (χ0) is 10.1. The SMILES string of the molecule is C=Cn1cccc1[C@H](O)C(C)(C)C. The van der Waals surface area contributed by atoms with E-state index in [0.717, 1.165) is 5.69 Å². The second-order valence-electron chi connectivity index (χ2n) is 4.29. The zero-order valence-electron chi connectivity index (χ0n) is 8.49. The standard InChI is InChI=1S/C11H17NO/c1-5-12-8-6-7-9(12)10(13)11(2,3)4/h5-8,10,13H,1H2,2-4H3/t10-/m0/s1. The van der Waals surface area contributed by atoms with Gasteiger partial charge in [-0.05, 0) is 17.5 Å². The van der Waals surface area contributed by atoms with Crippen LogP contribution in [0.1, 0.15) is 32.6 Å². The number of rotatable bonds is 2. The summed E-state index contributed by atoms with van der Waals surface area (Å²) in [6, 6.07) is 3.82. The minimum atomic E-state index is -0.458. The van der Waals surface area contributed by atoms with Gasteiger partial charge in [0.2, 0.25) is 0 Å². The Morgan fingerprint density at radius 2 is 2.15 bits per heavy atom. The van der Waals surface area contributed by atoms with Gasteiger partial charge in [0, 0.05) is 12.4 Å². The average Bonchev–Trinajstić information content (AvgIpc) is 2.48. The molecule has 0 saturated heterocycles. The molecule has 1 atom stereocenters. The second kappa shape index (κ2) is 3.38. The molecule has 2 heteroatoms. The molecule has 1 aromatic rings. The Bertz CT molecular complexity index is 293. The fraction of sp³-hybridized carbons (Fsp3) is 0.455. The molecule has 0 aliphatic heterocycles. The Kier molecular flexibility index (Phi) is 2.62. The highest BCUT2D eigenvalue weighted by atomic mass is 16.3. The molecule has 0 radical (unpaired) electrons. The van der Waals surface area contributed by atoms with Crippen LogP contribution in [0.5, 0.6) is 0 Å². The average molecular weight is 179 g/mol. The monoisotopic (exact) mass is 179 g/mol. The molecule has 13 heavy (non-hydrogen) atoms. The molecule has 0 aliphatic carbocycles. The van der Waals surface area contributed by atoms with Crippen LogP contribution in [0.3, 0.4) is 0 Å². The van der Waals surface area contributed by atoms with E-state index < -0.39 is 6.10 Å². The summed E-state index contributed by atoms with van der Waals surface area (Å²) in [5.74, 6) is 0. The highest BCUT2D eigenvalue weighted by Gasteiger charge is 2.25. The summed E-state index contributed by atoms with van der Waals surface area (Å²) in [6.45, 7) is 9.72. The number of hydrogen-bond donors (Lipinski definition) is 1. The first-order chi connectivity index (χ1) is 5.96. The second-order valence-corrected chi connectivity index (χ2v) is 4.29. The number of aliphatic hydroxyl groups excluding tert-OH is 1. The molecule has 0 unspecified atom stereocenters. The maximum absolute atomic E-state index is 9.99. The topological polar surface area (TPSA) is 25.2 Å². The minimum absolute atomic E-state index is 0.140. The highest BCUT2D eigenvalue weighted by molar-refractivity contribution is 5.26. The molecule has 0 aromatic carbocycles. The van der Waals surface area contributed by atoms with E-state index in [9.17, 15) is 5.11 Å². The maximum atomic E-state index is 9.99. The number of aliphatic hydroxyl groups is 1. The molecule has 0 amide bonds. The molecule has 1 aromatic heterocycles. The van der Waals surface area contributed by atoms with Crippen molar-refractivity contribution in [1.29, 1.82) is 0 Å². The van der Waals surface area contributed by atoms with Crippen LogP contribution in [0.15, 0.2) is 24.9 Å². The lowest BCUT2D eigenvalue weighted by Crippen LogP contribution is -2.19. The van der Waals surface area contributed by atoms with Crippen molar-refractivity contribution >= 4 is 6.20 Å². The fourth-order valence-corrected chi connectivity index (χ4v) is 1.25. The van der Waals surface area contributed by atoms with Gasteiger partial charge in [0.15, 0.2) is 0 Å². The molecular formula is C11H17NO. The minimum Gasteiger partial charge on any atom is -0.386 e. The maximum Gasteiger partial charge on any atom is 0.0991 e. The normalized spacial score (nSPS) is 14.2. The third-order valence-corrected chi connectivity index (χ3v) is 2.11. The Balaban J connectivity index is 3.01. The predicted octanol–water partition coefficient (Wildman–Crippen LogP) is 2.67. The first kappa shape index (κ1) is 10.1. The molecule has 72 valence electrons. The quantitative estimate of drug-likeness (QED) is 0.741. The van der Waals surface area contributed by atoms with Gasteiger partial charge in [0.05, 0.1) is 11.8 Å². The van der Waals surface area contributed by atoms with Crippen molar-refractivity contribution < 1.29 is 5.11 Å². The molecule has 0 fully saturated rings. The summed E-state index contributed by atoms with van der Waals surface area (Å²) in [4.78, 5) is 0. The molecule has 2 nitrogen and oxygen atoms in total. The molecule has 0 aliphatic rings. The summed E-state index contributed by atoms with van der Waals surface area (Å²) < 4.78 is 1.84. The van der Waals surface area contributed by atoms with E-state index in [2.05, 4.69) is 6.58 Å². The van der Waals surface area contributed by atoms with Gasteiger partial charge < -0.3 is 9.67 Å². The molecule has 0 saturated carbocycles. The number of nitrogens with zero attached hydrogens (tertiary/aromatic N) is 1. The van der Waals surface area contributed by atoms with Crippen molar-refractivity contribution in [2.75, 3.05) is 0 Å². The molecular weight excluding hydrogens is 162 g/mol. The van der Waals surface area contributed by atoms with Gasteiger partial charge >= 0.3 is 0 Å².